The predicted octanol–water partition coefficient (Wildman–Crippen LogP) is 5.14. The molecule has 3 aromatic rings. The monoisotopic (exact) mass is 582 g/mol. The number of carbonyl (C=O) groups excluding carboxylic acids is 3. The third kappa shape index (κ3) is 6.16. The molecule has 3 aliphatic rings. The van der Waals surface area contributed by atoms with Crippen LogP contribution in [0.15, 0.2) is 66.7 Å². The van der Waals surface area contributed by atoms with Gasteiger partial charge >= 0.3 is 0 Å². The predicted molar refractivity (Wildman–Crippen MR) is 165 cm³/mol. The number of hydrogen-bond acceptors (Lipinski definition) is 6. The molecule has 1 atom stereocenters. The van der Waals surface area contributed by atoms with Crippen LogP contribution in [-0.4, -0.2) is 73.6 Å². The van der Waals surface area contributed by atoms with E-state index in [9.17, 15) is 14.4 Å². The summed E-state index contributed by atoms with van der Waals surface area (Å²) in [5.74, 6) is 0.829. The molecule has 3 aromatic carbocycles. The fraction of sp³-hybridized carbons (Fsp3) is 0.382. The Morgan fingerprint density at radius 2 is 1.53 bits per heavy atom. The highest BCUT2D eigenvalue weighted by molar-refractivity contribution is 6.06. The second-order valence-electron chi connectivity index (χ2n) is 11.3. The highest BCUT2D eigenvalue weighted by atomic mass is 16.7. The van der Waals surface area contributed by atoms with Gasteiger partial charge in [0.25, 0.3) is 11.8 Å². The molecule has 9 nitrogen and oxygen atoms in total. The Morgan fingerprint density at radius 3 is 2.28 bits per heavy atom. The summed E-state index contributed by atoms with van der Waals surface area (Å²) in [5, 5.41) is 2.96. The van der Waals surface area contributed by atoms with Crippen LogP contribution in [0.3, 0.4) is 0 Å². The molecule has 0 aromatic heterocycles. The average Bonchev–Trinajstić information content (AvgIpc) is 3.54. The number of piperazine rings is 1. The maximum Gasteiger partial charge on any atom is 0.256 e. The van der Waals surface area contributed by atoms with Crippen LogP contribution in [0.25, 0.3) is 0 Å². The summed E-state index contributed by atoms with van der Waals surface area (Å²) < 4.78 is 10.8. The minimum atomic E-state index is -0.293. The highest BCUT2D eigenvalue weighted by Gasteiger charge is 2.30. The largest absolute Gasteiger partial charge is 0.454 e. The van der Waals surface area contributed by atoms with Gasteiger partial charge in [-0.05, 0) is 67.6 Å². The molecule has 0 saturated carbocycles. The molecule has 3 aliphatic heterocycles. The lowest BCUT2D eigenvalue weighted by atomic mass is 9.94. The molecule has 2 saturated heterocycles. The Kier molecular flexibility index (Phi) is 8.49. The molecule has 224 valence electrons. The minimum Gasteiger partial charge on any atom is -0.454 e. The zero-order valence-corrected chi connectivity index (χ0v) is 24.6. The minimum absolute atomic E-state index is 0.0255. The van der Waals surface area contributed by atoms with E-state index in [1.165, 1.54) is 0 Å². The van der Waals surface area contributed by atoms with Crippen LogP contribution in [0.5, 0.6) is 11.5 Å². The molecule has 0 radical (unpaired) electrons. The second kappa shape index (κ2) is 12.8. The van der Waals surface area contributed by atoms with Crippen molar-refractivity contribution in [1.29, 1.82) is 0 Å². The number of carbonyl (C=O) groups is 3. The lowest BCUT2D eigenvalue weighted by molar-refractivity contribution is -0.133. The summed E-state index contributed by atoms with van der Waals surface area (Å²) in [5.41, 5.74) is 3.44. The number of rotatable bonds is 7. The van der Waals surface area contributed by atoms with Gasteiger partial charge in [-0.25, -0.2) is 0 Å². The van der Waals surface area contributed by atoms with Crippen LogP contribution in [0.2, 0.25) is 0 Å². The van der Waals surface area contributed by atoms with Crippen LogP contribution in [0.4, 0.5) is 11.4 Å². The molecule has 0 aliphatic carbocycles. The molecule has 1 unspecified atom stereocenters. The molecule has 3 heterocycles. The molecule has 43 heavy (non-hydrogen) atoms. The number of hydrogen-bond donors (Lipinski definition) is 1. The van der Waals surface area contributed by atoms with Gasteiger partial charge in [0.1, 0.15) is 0 Å². The lowest BCUT2D eigenvalue weighted by Gasteiger charge is -2.38. The first-order chi connectivity index (χ1) is 21.0. The molecular formula is C34H38N4O5. The zero-order chi connectivity index (χ0) is 29.8. The number of anilines is 2. The number of ether oxygens (including phenoxy) is 2. The molecule has 0 bridgehead atoms. The van der Waals surface area contributed by atoms with Crippen molar-refractivity contribution in [2.45, 2.75) is 38.5 Å². The maximum absolute atomic E-state index is 13.8. The standard InChI is InChI=1S/C34H38N4O5/c1-2-27(24-9-5-3-6-10-24)33(40)38-19-17-36(18-20-38)29-13-12-26(22-28(29)34(41)37-15-7-4-8-16-37)35-32(39)25-11-14-30-31(21-25)43-23-42-30/h3,5-6,9-14,21-22,27H,2,4,7-8,15-20,23H2,1H3,(H,35,39). The molecular weight excluding hydrogens is 544 g/mol. The van der Waals surface area contributed by atoms with Gasteiger partial charge in [0.05, 0.1) is 11.5 Å². The van der Waals surface area contributed by atoms with Gasteiger partial charge in [0, 0.05) is 56.2 Å². The fourth-order valence-electron chi connectivity index (χ4n) is 6.20. The van der Waals surface area contributed by atoms with E-state index in [1.54, 1.807) is 24.3 Å². The third-order valence-electron chi connectivity index (χ3n) is 8.60. The number of benzene rings is 3. The Hall–Kier alpha value is -4.53. The molecule has 3 amide bonds. The number of nitrogens with one attached hydrogen (secondary N) is 1. The lowest BCUT2D eigenvalue weighted by Crippen LogP contribution is -2.50. The van der Waals surface area contributed by atoms with Crippen LogP contribution in [0, 0.1) is 0 Å². The first kappa shape index (κ1) is 28.6. The smallest absolute Gasteiger partial charge is 0.256 e. The number of nitrogens with zero attached hydrogens (tertiary/aromatic N) is 3. The van der Waals surface area contributed by atoms with E-state index < -0.39 is 0 Å². The Labute approximate surface area is 252 Å². The molecule has 0 spiro atoms. The van der Waals surface area contributed by atoms with Crippen molar-refractivity contribution in [2.24, 2.45) is 0 Å². The van der Waals surface area contributed by atoms with E-state index in [2.05, 4.69) is 17.1 Å². The third-order valence-corrected chi connectivity index (χ3v) is 8.60. The number of piperidine rings is 1. The second-order valence-corrected chi connectivity index (χ2v) is 11.3. The molecule has 9 heteroatoms. The summed E-state index contributed by atoms with van der Waals surface area (Å²) in [7, 11) is 0. The Balaban J connectivity index is 1.20. The van der Waals surface area contributed by atoms with E-state index in [1.807, 2.05) is 52.3 Å². The summed E-state index contributed by atoms with van der Waals surface area (Å²) in [4.78, 5) is 46.5. The van der Waals surface area contributed by atoms with Crippen LogP contribution >= 0.6 is 0 Å². The topological polar surface area (TPSA) is 91.4 Å². The van der Waals surface area contributed by atoms with Crippen molar-refractivity contribution in [3.63, 3.8) is 0 Å². The van der Waals surface area contributed by atoms with Crippen LogP contribution in [0.1, 0.15) is 64.8 Å². The first-order valence-corrected chi connectivity index (χ1v) is 15.2. The van der Waals surface area contributed by atoms with E-state index in [0.717, 1.165) is 50.0 Å². The van der Waals surface area contributed by atoms with Gasteiger partial charge in [-0.1, -0.05) is 37.3 Å². The zero-order valence-electron chi connectivity index (χ0n) is 24.6. The van der Waals surface area contributed by atoms with E-state index in [4.69, 9.17) is 9.47 Å². The van der Waals surface area contributed by atoms with Crippen molar-refractivity contribution >= 4 is 29.1 Å². The maximum atomic E-state index is 13.8. The summed E-state index contributed by atoms with van der Waals surface area (Å²) in [6, 6.07) is 20.6. The number of amides is 3. The van der Waals surface area contributed by atoms with Gasteiger partial charge in [0.15, 0.2) is 11.5 Å². The fourth-order valence-corrected chi connectivity index (χ4v) is 6.20. The van der Waals surface area contributed by atoms with E-state index >= 15 is 0 Å². The normalized spacial score (nSPS) is 17.0. The van der Waals surface area contributed by atoms with Crippen molar-refractivity contribution in [3.8, 4) is 11.5 Å². The van der Waals surface area contributed by atoms with Gasteiger partial charge in [-0.2, -0.15) is 0 Å². The van der Waals surface area contributed by atoms with Gasteiger partial charge in [-0.15, -0.1) is 0 Å². The summed E-state index contributed by atoms with van der Waals surface area (Å²) in [6.45, 7) is 6.07. The number of fused-ring (bicyclic) bond motifs is 1. The van der Waals surface area contributed by atoms with Gasteiger partial charge < -0.3 is 29.5 Å². The van der Waals surface area contributed by atoms with Crippen molar-refractivity contribution in [2.75, 3.05) is 56.3 Å². The summed E-state index contributed by atoms with van der Waals surface area (Å²) >= 11 is 0. The molecule has 1 N–H and O–H groups in total. The van der Waals surface area contributed by atoms with Crippen molar-refractivity contribution in [1.82, 2.24) is 9.80 Å². The van der Waals surface area contributed by atoms with Crippen LogP contribution < -0.4 is 19.7 Å². The SMILES string of the molecule is CCC(C(=O)N1CCN(c2ccc(NC(=O)c3ccc4c(c3)OCO4)cc2C(=O)N2CCCCC2)CC1)c1ccccc1. The average molecular weight is 583 g/mol. The Morgan fingerprint density at radius 1 is 0.791 bits per heavy atom. The Bertz CT molecular complexity index is 1480. The van der Waals surface area contributed by atoms with E-state index in [-0.39, 0.29) is 30.4 Å². The summed E-state index contributed by atoms with van der Waals surface area (Å²) in [6.07, 6.45) is 3.85. The van der Waals surface area contributed by atoms with Gasteiger partial charge in [-0.3, -0.25) is 14.4 Å². The van der Waals surface area contributed by atoms with Crippen molar-refractivity contribution < 1.29 is 23.9 Å². The van der Waals surface area contributed by atoms with Gasteiger partial charge in [0.2, 0.25) is 12.7 Å². The van der Waals surface area contributed by atoms with Crippen LogP contribution in [-0.2, 0) is 4.79 Å². The van der Waals surface area contributed by atoms with E-state index in [0.29, 0.717) is 54.5 Å². The molecule has 2 fully saturated rings. The van der Waals surface area contributed by atoms with Crippen molar-refractivity contribution in [3.05, 3.63) is 83.4 Å². The quantitative estimate of drug-likeness (QED) is 0.415. The number of likely N-dealkylation sites (tertiary alicyclic amines) is 1. The first-order valence-electron chi connectivity index (χ1n) is 15.2. The molecule has 6 rings (SSSR count). The highest BCUT2D eigenvalue weighted by Crippen LogP contribution is 2.33.